The van der Waals surface area contributed by atoms with Crippen LogP contribution in [0.25, 0.3) is 0 Å². The summed E-state index contributed by atoms with van der Waals surface area (Å²) < 4.78 is 0. The molecular weight excluding hydrogens is 270 g/mol. The van der Waals surface area contributed by atoms with Gasteiger partial charge in [-0.15, -0.1) is 11.3 Å². The molecule has 0 aliphatic rings. The van der Waals surface area contributed by atoms with Crippen LogP contribution in [0.1, 0.15) is 16.5 Å². The number of rotatable bonds is 5. The molecule has 2 rings (SSSR count). The molecule has 0 aliphatic carbocycles. The second kappa shape index (κ2) is 6.00. The molecule has 0 saturated heterocycles. The van der Waals surface area contributed by atoms with Crippen molar-refractivity contribution < 1.29 is 9.90 Å². The van der Waals surface area contributed by atoms with Crippen molar-refractivity contribution in [2.45, 2.75) is 12.6 Å². The Bertz CT molecular complexity index is 528. The number of halogens is 1. The Balaban J connectivity index is 2.11. The highest BCUT2D eigenvalue weighted by molar-refractivity contribution is 7.09. The fraction of sp³-hybridized carbons (Fsp3) is 0.154. The van der Waals surface area contributed by atoms with Gasteiger partial charge in [-0.2, -0.15) is 0 Å². The van der Waals surface area contributed by atoms with Gasteiger partial charge in [-0.25, -0.2) is 0 Å². The number of hydrogen-bond acceptors (Lipinski definition) is 3. The lowest BCUT2D eigenvalue weighted by Gasteiger charge is -2.14. The summed E-state index contributed by atoms with van der Waals surface area (Å²) in [5.41, 5.74) is 0.659. The Morgan fingerprint density at radius 3 is 2.83 bits per heavy atom. The molecule has 2 aromatic rings. The topological polar surface area (TPSA) is 49.3 Å². The van der Waals surface area contributed by atoms with Crippen LogP contribution in [0.3, 0.4) is 0 Å². The molecule has 2 N–H and O–H groups in total. The molecule has 0 radical (unpaired) electrons. The second-order valence-electron chi connectivity index (χ2n) is 3.79. The van der Waals surface area contributed by atoms with Crippen molar-refractivity contribution in [3.05, 3.63) is 57.2 Å². The average Bonchev–Trinajstić information content (AvgIpc) is 2.82. The van der Waals surface area contributed by atoms with Gasteiger partial charge in [-0.1, -0.05) is 29.8 Å². The molecule has 1 aromatic heterocycles. The number of carbonyl (C=O) groups is 1. The van der Waals surface area contributed by atoms with Crippen molar-refractivity contribution >= 4 is 28.9 Å². The Morgan fingerprint density at radius 1 is 1.39 bits per heavy atom. The molecule has 0 spiro atoms. The zero-order valence-corrected chi connectivity index (χ0v) is 11.0. The summed E-state index contributed by atoms with van der Waals surface area (Å²) in [7, 11) is 0. The molecule has 1 unspecified atom stereocenters. The quantitative estimate of drug-likeness (QED) is 0.884. The smallest absolute Gasteiger partial charge is 0.325 e. The van der Waals surface area contributed by atoms with Crippen molar-refractivity contribution in [2.75, 3.05) is 0 Å². The van der Waals surface area contributed by atoms with E-state index >= 15 is 0 Å². The maximum Gasteiger partial charge on any atom is 0.325 e. The number of carboxylic acid groups (broad SMARTS) is 1. The van der Waals surface area contributed by atoms with Crippen molar-refractivity contribution in [1.82, 2.24) is 5.32 Å². The van der Waals surface area contributed by atoms with Gasteiger partial charge in [0.15, 0.2) is 0 Å². The molecule has 0 saturated carbocycles. The van der Waals surface area contributed by atoms with E-state index in [-0.39, 0.29) is 0 Å². The minimum atomic E-state index is -0.908. The average molecular weight is 282 g/mol. The molecule has 3 nitrogen and oxygen atoms in total. The summed E-state index contributed by atoms with van der Waals surface area (Å²) in [4.78, 5) is 12.4. The van der Waals surface area contributed by atoms with E-state index in [0.29, 0.717) is 17.1 Å². The molecule has 0 bridgehead atoms. The van der Waals surface area contributed by atoms with Crippen LogP contribution in [-0.4, -0.2) is 11.1 Å². The number of carboxylic acids is 1. The lowest BCUT2D eigenvalue weighted by atomic mass is 10.1. The van der Waals surface area contributed by atoms with Gasteiger partial charge in [0.05, 0.1) is 0 Å². The fourth-order valence-corrected chi connectivity index (χ4v) is 2.50. The number of thiophene rings is 1. The van der Waals surface area contributed by atoms with E-state index in [1.807, 2.05) is 17.5 Å². The van der Waals surface area contributed by atoms with Crippen LogP contribution in [0.15, 0.2) is 41.8 Å². The molecule has 94 valence electrons. The SMILES string of the molecule is O=C(O)C(NCc1cccs1)c1cccc(Cl)c1. The standard InChI is InChI=1S/C13H12ClNO2S/c14-10-4-1-3-9(7-10)12(13(16)17)15-8-11-5-2-6-18-11/h1-7,12,15H,8H2,(H,16,17). The number of aliphatic carboxylic acids is 1. The molecule has 0 amide bonds. The normalized spacial score (nSPS) is 12.3. The van der Waals surface area contributed by atoms with Crippen molar-refractivity contribution in [3.8, 4) is 0 Å². The lowest BCUT2D eigenvalue weighted by Crippen LogP contribution is -2.27. The first-order valence-electron chi connectivity index (χ1n) is 5.41. The molecule has 1 heterocycles. The summed E-state index contributed by atoms with van der Waals surface area (Å²) in [6.07, 6.45) is 0. The van der Waals surface area contributed by atoms with Gasteiger partial charge in [-0.05, 0) is 29.1 Å². The van der Waals surface area contributed by atoms with Gasteiger partial charge in [-0.3, -0.25) is 10.1 Å². The van der Waals surface area contributed by atoms with Crippen molar-refractivity contribution in [1.29, 1.82) is 0 Å². The molecule has 0 aliphatic heterocycles. The fourth-order valence-electron chi connectivity index (χ4n) is 1.65. The van der Waals surface area contributed by atoms with Crippen molar-refractivity contribution in [2.24, 2.45) is 0 Å². The minimum absolute atomic E-state index is 0.529. The van der Waals surface area contributed by atoms with Gasteiger partial charge in [0.1, 0.15) is 6.04 Å². The molecule has 5 heteroatoms. The molecule has 18 heavy (non-hydrogen) atoms. The summed E-state index contributed by atoms with van der Waals surface area (Å²) in [5.74, 6) is -0.908. The first-order valence-corrected chi connectivity index (χ1v) is 6.66. The van der Waals surface area contributed by atoms with Crippen molar-refractivity contribution in [3.63, 3.8) is 0 Å². The highest BCUT2D eigenvalue weighted by Crippen LogP contribution is 2.19. The first-order chi connectivity index (χ1) is 8.66. The number of benzene rings is 1. The molecule has 1 aromatic carbocycles. The van der Waals surface area contributed by atoms with E-state index in [1.54, 1.807) is 35.6 Å². The second-order valence-corrected chi connectivity index (χ2v) is 5.26. The van der Waals surface area contributed by atoms with E-state index in [2.05, 4.69) is 5.32 Å². The Hall–Kier alpha value is -1.36. The maximum absolute atomic E-state index is 11.3. The maximum atomic E-state index is 11.3. The van der Waals surface area contributed by atoms with E-state index in [4.69, 9.17) is 11.6 Å². The summed E-state index contributed by atoms with van der Waals surface area (Å²) in [6, 6.07) is 10.1. The Kier molecular flexibility index (Phi) is 4.36. The van der Waals surface area contributed by atoms with E-state index in [9.17, 15) is 9.90 Å². The van der Waals surface area contributed by atoms with Crippen LogP contribution in [0.5, 0.6) is 0 Å². The van der Waals surface area contributed by atoms with Gasteiger partial charge >= 0.3 is 5.97 Å². The zero-order valence-electron chi connectivity index (χ0n) is 9.47. The number of hydrogen-bond donors (Lipinski definition) is 2. The largest absolute Gasteiger partial charge is 0.480 e. The lowest BCUT2D eigenvalue weighted by molar-refractivity contribution is -0.139. The van der Waals surface area contributed by atoms with Crippen LogP contribution in [-0.2, 0) is 11.3 Å². The summed E-state index contributed by atoms with van der Waals surface area (Å²) in [6.45, 7) is 0.529. The number of nitrogens with one attached hydrogen (secondary N) is 1. The molecule has 1 atom stereocenters. The molecule has 0 fully saturated rings. The third-order valence-corrected chi connectivity index (χ3v) is 3.60. The van der Waals surface area contributed by atoms with Gasteiger partial charge in [0, 0.05) is 16.4 Å². The predicted molar refractivity (Wildman–Crippen MR) is 73.0 cm³/mol. The summed E-state index contributed by atoms with van der Waals surface area (Å²) >= 11 is 7.47. The molecular formula is C13H12ClNO2S. The van der Waals surface area contributed by atoms with E-state index in [0.717, 1.165) is 4.88 Å². The van der Waals surface area contributed by atoms with Crippen LogP contribution in [0.4, 0.5) is 0 Å². The predicted octanol–water partition coefficient (Wildman–Crippen LogP) is 3.32. The summed E-state index contributed by atoms with van der Waals surface area (Å²) in [5, 5.41) is 14.8. The Labute approximate surface area is 114 Å². The van der Waals surface area contributed by atoms with E-state index in [1.165, 1.54) is 0 Å². The third kappa shape index (κ3) is 3.32. The van der Waals surface area contributed by atoms with Crippen LogP contribution < -0.4 is 5.32 Å². The highest BCUT2D eigenvalue weighted by atomic mass is 35.5. The van der Waals surface area contributed by atoms with E-state index < -0.39 is 12.0 Å². The highest BCUT2D eigenvalue weighted by Gasteiger charge is 2.19. The third-order valence-electron chi connectivity index (χ3n) is 2.49. The monoisotopic (exact) mass is 281 g/mol. The first kappa shape index (κ1) is 13.1. The minimum Gasteiger partial charge on any atom is -0.480 e. The van der Waals surface area contributed by atoms with Crippen LogP contribution in [0.2, 0.25) is 5.02 Å². The van der Waals surface area contributed by atoms with Gasteiger partial charge in [0.2, 0.25) is 0 Å². The van der Waals surface area contributed by atoms with Crippen LogP contribution >= 0.6 is 22.9 Å². The van der Waals surface area contributed by atoms with Crippen LogP contribution in [0, 0.1) is 0 Å². The zero-order chi connectivity index (χ0) is 13.0. The Morgan fingerprint density at radius 2 is 2.22 bits per heavy atom. The van der Waals surface area contributed by atoms with Gasteiger partial charge in [0.25, 0.3) is 0 Å². The van der Waals surface area contributed by atoms with Gasteiger partial charge < -0.3 is 5.11 Å².